The van der Waals surface area contributed by atoms with E-state index in [9.17, 15) is 9.59 Å². The van der Waals surface area contributed by atoms with Crippen molar-refractivity contribution >= 4 is 11.8 Å². The van der Waals surface area contributed by atoms with Crippen molar-refractivity contribution in [2.75, 3.05) is 26.2 Å². The van der Waals surface area contributed by atoms with Gasteiger partial charge in [-0.3, -0.25) is 19.5 Å². The van der Waals surface area contributed by atoms with Gasteiger partial charge >= 0.3 is 0 Å². The lowest BCUT2D eigenvalue weighted by atomic mass is 10.1. The van der Waals surface area contributed by atoms with E-state index >= 15 is 0 Å². The Labute approximate surface area is 153 Å². The van der Waals surface area contributed by atoms with E-state index < -0.39 is 5.91 Å². The van der Waals surface area contributed by atoms with E-state index in [0.29, 0.717) is 12.1 Å². The van der Waals surface area contributed by atoms with Crippen LogP contribution in [0.2, 0.25) is 0 Å². The molecule has 6 nitrogen and oxygen atoms in total. The summed E-state index contributed by atoms with van der Waals surface area (Å²) in [5.74, 6) is -0.642. The van der Waals surface area contributed by atoms with Gasteiger partial charge in [-0.25, -0.2) is 0 Å². The van der Waals surface area contributed by atoms with Crippen LogP contribution in [0.4, 0.5) is 0 Å². The summed E-state index contributed by atoms with van der Waals surface area (Å²) in [5.41, 5.74) is 8.40. The summed E-state index contributed by atoms with van der Waals surface area (Å²) in [6, 6.07) is 11.7. The molecule has 2 amide bonds. The highest BCUT2D eigenvalue weighted by Crippen LogP contribution is 2.12. The summed E-state index contributed by atoms with van der Waals surface area (Å²) in [7, 11) is 0. The predicted octanol–water partition coefficient (Wildman–Crippen LogP) is 1.84. The fourth-order valence-electron chi connectivity index (χ4n) is 3.13. The number of primary amides is 1. The van der Waals surface area contributed by atoms with Crippen LogP contribution in [0.5, 0.6) is 0 Å². The zero-order valence-electron chi connectivity index (χ0n) is 15.0. The average Bonchev–Trinajstić information content (AvgIpc) is 2.89. The Hall–Kier alpha value is -2.73. The molecule has 2 N–H and O–H groups in total. The number of hydrogen-bond acceptors (Lipinski definition) is 4. The van der Waals surface area contributed by atoms with Gasteiger partial charge in [0.1, 0.15) is 5.69 Å². The number of carbonyl (C=O) groups is 2. The molecule has 0 bridgehead atoms. The number of aryl methyl sites for hydroxylation is 1. The van der Waals surface area contributed by atoms with E-state index in [1.165, 1.54) is 23.4 Å². The normalized spacial score (nSPS) is 15.5. The number of carbonyl (C=O) groups excluding carboxylic acids is 2. The lowest BCUT2D eigenvalue weighted by Gasteiger charge is -2.22. The maximum absolute atomic E-state index is 12.7. The van der Waals surface area contributed by atoms with Gasteiger partial charge in [-0.1, -0.05) is 29.8 Å². The fraction of sp³-hybridized carbons (Fsp3) is 0.350. The Morgan fingerprint density at radius 3 is 2.46 bits per heavy atom. The molecule has 26 heavy (non-hydrogen) atoms. The van der Waals surface area contributed by atoms with Crippen molar-refractivity contribution in [2.24, 2.45) is 5.73 Å². The van der Waals surface area contributed by atoms with Crippen LogP contribution >= 0.6 is 0 Å². The van der Waals surface area contributed by atoms with E-state index in [1.54, 1.807) is 6.07 Å². The molecule has 0 unspecified atom stereocenters. The van der Waals surface area contributed by atoms with E-state index in [4.69, 9.17) is 5.73 Å². The van der Waals surface area contributed by atoms with Crippen LogP contribution in [0, 0.1) is 6.92 Å². The Morgan fingerprint density at radius 2 is 1.81 bits per heavy atom. The topological polar surface area (TPSA) is 79.5 Å². The molecule has 0 saturated carbocycles. The number of benzene rings is 1. The second-order valence-electron chi connectivity index (χ2n) is 6.70. The molecule has 1 aromatic carbocycles. The molecule has 0 spiro atoms. The van der Waals surface area contributed by atoms with E-state index in [-0.39, 0.29) is 11.6 Å². The van der Waals surface area contributed by atoms with Gasteiger partial charge in [0.25, 0.3) is 11.8 Å². The van der Waals surface area contributed by atoms with E-state index in [1.807, 2.05) is 4.90 Å². The molecule has 3 rings (SSSR count). The van der Waals surface area contributed by atoms with Gasteiger partial charge in [-0.15, -0.1) is 0 Å². The highest BCUT2D eigenvalue weighted by molar-refractivity contribution is 5.95. The smallest absolute Gasteiger partial charge is 0.267 e. The highest BCUT2D eigenvalue weighted by atomic mass is 16.2. The molecule has 6 heteroatoms. The number of nitrogens with zero attached hydrogens (tertiary/aromatic N) is 3. The van der Waals surface area contributed by atoms with Crippen LogP contribution in [-0.4, -0.2) is 52.8 Å². The quantitative estimate of drug-likeness (QED) is 0.910. The zero-order chi connectivity index (χ0) is 18.5. The summed E-state index contributed by atoms with van der Waals surface area (Å²) >= 11 is 0. The molecule has 0 radical (unpaired) electrons. The monoisotopic (exact) mass is 352 g/mol. The lowest BCUT2D eigenvalue weighted by Crippen LogP contribution is -2.35. The molecule has 1 aromatic heterocycles. The predicted molar refractivity (Wildman–Crippen MR) is 99.7 cm³/mol. The van der Waals surface area contributed by atoms with Gasteiger partial charge in [0.05, 0.1) is 5.56 Å². The van der Waals surface area contributed by atoms with Crippen LogP contribution in [-0.2, 0) is 6.54 Å². The first-order chi connectivity index (χ1) is 12.5. The Balaban J connectivity index is 1.59. The maximum atomic E-state index is 12.7. The molecule has 0 aliphatic carbocycles. The molecule has 136 valence electrons. The van der Waals surface area contributed by atoms with Crippen molar-refractivity contribution in [1.29, 1.82) is 0 Å². The van der Waals surface area contributed by atoms with Gasteiger partial charge in [0.15, 0.2) is 0 Å². The third-order valence-electron chi connectivity index (χ3n) is 4.67. The van der Waals surface area contributed by atoms with Crippen molar-refractivity contribution in [3.8, 4) is 0 Å². The second-order valence-corrected chi connectivity index (χ2v) is 6.70. The maximum Gasteiger partial charge on any atom is 0.267 e. The minimum atomic E-state index is -0.592. The molecule has 1 aliphatic rings. The van der Waals surface area contributed by atoms with Gasteiger partial charge in [0.2, 0.25) is 0 Å². The van der Waals surface area contributed by atoms with Crippen molar-refractivity contribution in [3.05, 3.63) is 65.0 Å². The summed E-state index contributed by atoms with van der Waals surface area (Å²) in [5, 5.41) is 0. The molecule has 1 saturated heterocycles. The summed E-state index contributed by atoms with van der Waals surface area (Å²) in [6.45, 7) is 6.20. The number of pyridine rings is 1. The van der Waals surface area contributed by atoms with Crippen molar-refractivity contribution in [2.45, 2.75) is 19.9 Å². The zero-order valence-corrected chi connectivity index (χ0v) is 15.0. The van der Waals surface area contributed by atoms with Crippen LogP contribution in [0.3, 0.4) is 0 Å². The molecular formula is C20H24N4O2. The third-order valence-corrected chi connectivity index (χ3v) is 4.67. The molecule has 2 heterocycles. The number of hydrogen-bond donors (Lipinski definition) is 1. The summed E-state index contributed by atoms with van der Waals surface area (Å²) in [4.78, 5) is 32.0. The molecule has 0 atom stereocenters. The van der Waals surface area contributed by atoms with Crippen LogP contribution in [0.1, 0.15) is 38.4 Å². The standard InChI is InChI=1S/C20H24N4O2/c1-15-3-5-16(6-4-15)14-23-9-2-10-24(12-11-23)20(26)17-7-8-18(19(21)25)22-13-17/h3-8,13H,2,9-12,14H2,1H3,(H2,21,25). The molecule has 1 fully saturated rings. The second kappa shape index (κ2) is 8.10. The summed E-state index contributed by atoms with van der Waals surface area (Å²) < 4.78 is 0. The number of amides is 2. The molecular weight excluding hydrogens is 328 g/mol. The third kappa shape index (κ3) is 4.46. The van der Waals surface area contributed by atoms with E-state index in [0.717, 1.165) is 32.6 Å². The van der Waals surface area contributed by atoms with Gasteiger partial charge in [0, 0.05) is 38.9 Å². The molecule has 1 aliphatic heterocycles. The summed E-state index contributed by atoms with van der Waals surface area (Å²) in [6.07, 6.45) is 2.36. The number of rotatable bonds is 4. The molecule has 2 aromatic rings. The van der Waals surface area contributed by atoms with Crippen molar-refractivity contribution < 1.29 is 9.59 Å². The first-order valence-electron chi connectivity index (χ1n) is 8.86. The van der Waals surface area contributed by atoms with Crippen LogP contribution in [0.15, 0.2) is 42.6 Å². The average molecular weight is 352 g/mol. The lowest BCUT2D eigenvalue weighted by molar-refractivity contribution is 0.0760. The Morgan fingerprint density at radius 1 is 1.04 bits per heavy atom. The SMILES string of the molecule is Cc1ccc(CN2CCCN(C(=O)c3ccc(C(N)=O)nc3)CC2)cc1. The minimum absolute atomic E-state index is 0.0503. The van der Waals surface area contributed by atoms with Crippen LogP contribution < -0.4 is 5.73 Å². The van der Waals surface area contributed by atoms with Gasteiger partial charge < -0.3 is 10.6 Å². The van der Waals surface area contributed by atoms with Crippen molar-refractivity contribution in [3.63, 3.8) is 0 Å². The van der Waals surface area contributed by atoms with Crippen LogP contribution in [0.25, 0.3) is 0 Å². The Bertz CT molecular complexity index is 771. The minimum Gasteiger partial charge on any atom is -0.364 e. The van der Waals surface area contributed by atoms with Crippen molar-refractivity contribution in [1.82, 2.24) is 14.8 Å². The van der Waals surface area contributed by atoms with E-state index in [2.05, 4.69) is 41.1 Å². The first-order valence-corrected chi connectivity index (χ1v) is 8.86. The van der Waals surface area contributed by atoms with Gasteiger partial charge in [-0.05, 0) is 31.0 Å². The Kier molecular flexibility index (Phi) is 5.63. The first kappa shape index (κ1) is 18.1. The highest BCUT2D eigenvalue weighted by Gasteiger charge is 2.21. The fourth-order valence-corrected chi connectivity index (χ4v) is 3.13. The van der Waals surface area contributed by atoms with Gasteiger partial charge in [-0.2, -0.15) is 0 Å². The largest absolute Gasteiger partial charge is 0.364 e. The number of aromatic nitrogens is 1. The number of nitrogens with two attached hydrogens (primary N) is 1.